The first kappa shape index (κ1) is 17.0. The molecule has 3 rings (SSSR count). The number of urea groups is 1. The van der Waals surface area contributed by atoms with Crippen molar-refractivity contribution in [3.05, 3.63) is 48.0 Å². The molecule has 2 N–H and O–H groups in total. The molecule has 0 bridgehead atoms. The van der Waals surface area contributed by atoms with Gasteiger partial charge in [0.2, 0.25) is 6.79 Å². The van der Waals surface area contributed by atoms with Crippen LogP contribution in [0.4, 0.5) is 10.5 Å². The van der Waals surface area contributed by atoms with Crippen molar-refractivity contribution in [3.63, 3.8) is 0 Å². The van der Waals surface area contributed by atoms with Gasteiger partial charge in [-0.2, -0.15) is 0 Å². The van der Waals surface area contributed by atoms with Crippen molar-refractivity contribution < 1.29 is 19.0 Å². The lowest BCUT2D eigenvalue weighted by Gasteiger charge is -2.10. The van der Waals surface area contributed by atoms with Crippen molar-refractivity contribution in [2.24, 2.45) is 0 Å². The highest BCUT2D eigenvalue weighted by atomic mass is 16.7. The number of anilines is 1. The molecule has 25 heavy (non-hydrogen) atoms. The molecule has 6 heteroatoms. The molecule has 1 aliphatic heterocycles. The normalized spacial score (nSPS) is 12.1. The molecule has 0 aromatic heterocycles. The largest absolute Gasteiger partial charge is 0.492 e. The third kappa shape index (κ3) is 4.56. The Kier molecular flexibility index (Phi) is 5.28. The molecular weight excluding hydrogens is 320 g/mol. The summed E-state index contributed by atoms with van der Waals surface area (Å²) >= 11 is 0. The van der Waals surface area contributed by atoms with Crippen LogP contribution >= 0.6 is 0 Å². The molecule has 0 unspecified atom stereocenters. The van der Waals surface area contributed by atoms with Crippen molar-refractivity contribution in [2.45, 2.75) is 19.8 Å². The molecule has 0 aliphatic carbocycles. The number of ether oxygens (including phenoxy) is 3. The minimum atomic E-state index is -0.294. The van der Waals surface area contributed by atoms with Crippen LogP contribution in [0.2, 0.25) is 0 Å². The van der Waals surface area contributed by atoms with E-state index < -0.39 is 0 Å². The summed E-state index contributed by atoms with van der Waals surface area (Å²) in [6, 6.07) is 13.0. The Morgan fingerprint density at radius 2 is 1.88 bits per heavy atom. The van der Waals surface area contributed by atoms with Gasteiger partial charge in [-0.1, -0.05) is 26.0 Å². The first-order valence-electron chi connectivity index (χ1n) is 8.29. The van der Waals surface area contributed by atoms with E-state index in [1.54, 1.807) is 18.2 Å². The highest BCUT2D eigenvalue weighted by Crippen LogP contribution is 2.34. The van der Waals surface area contributed by atoms with Crippen LogP contribution < -0.4 is 24.8 Å². The van der Waals surface area contributed by atoms with Gasteiger partial charge in [0.25, 0.3) is 0 Å². The van der Waals surface area contributed by atoms with Gasteiger partial charge in [-0.3, -0.25) is 0 Å². The molecule has 0 atom stereocenters. The zero-order chi connectivity index (χ0) is 17.6. The maximum Gasteiger partial charge on any atom is 0.319 e. The fourth-order valence-corrected chi connectivity index (χ4v) is 2.43. The molecule has 6 nitrogen and oxygen atoms in total. The van der Waals surface area contributed by atoms with Crippen LogP contribution in [-0.4, -0.2) is 26.0 Å². The Morgan fingerprint density at radius 3 is 2.64 bits per heavy atom. The van der Waals surface area contributed by atoms with Gasteiger partial charge < -0.3 is 24.8 Å². The second kappa shape index (κ2) is 7.79. The van der Waals surface area contributed by atoms with Crippen LogP contribution in [0.25, 0.3) is 0 Å². The van der Waals surface area contributed by atoms with E-state index in [-0.39, 0.29) is 12.8 Å². The monoisotopic (exact) mass is 342 g/mol. The maximum absolute atomic E-state index is 11.9. The summed E-state index contributed by atoms with van der Waals surface area (Å²) in [7, 11) is 0. The Bertz CT molecular complexity index is 729. The molecule has 2 aromatic rings. The molecule has 0 spiro atoms. The molecule has 0 saturated heterocycles. The Hall–Kier alpha value is -2.89. The third-order valence-corrected chi connectivity index (χ3v) is 3.83. The quantitative estimate of drug-likeness (QED) is 0.785. The number of carbonyl (C=O) groups excluding carboxylic acids is 1. The van der Waals surface area contributed by atoms with Gasteiger partial charge in [0.15, 0.2) is 11.5 Å². The Labute approximate surface area is 147 Å². The van der Waals surface area contributed by atoms with Crippen molar-refractivity contribution in [3.8, 4) is 17.2 Å². The molecule has 2 amide bonds. The lowest BCUT2D eigenvalue weighted by molar-refractivity contribution is 0.174. The second-order valence-electron chi connectivity index (χ2n) is 6.02. The lowest BCUT2D eigenvalue weighted by Crippen LogP contribution is -2.32. The Morgan fingerprint density at radius 1 is 1.12 bits per heavy atom. The smallest absolute Gasteiger partial charge is 0.319 e. The summed E-state index contributed by atoms with van der Waals surface area (Å²) in [4.78, 5) is 11.9. The number of nitrogens with one attached hydrogen (secondary N) is 2. The van der Waals surface area contributed by atoms with E-state index in [0.717, 1.165) is 5.75 Å². The van der Waals surface area contributed by atoms with Gasteiger partial charge in [0.05, 0.1) is 6.54 Å². The summed E-state index contributed by atoms with van der Waals surface area (Å²) in [5.74, 6) is 2.60. The highest BCUT2D eigenvalue weighted by Gasteiger charge is 2.13. The summed E-state index contributed by atoms with van der Waals surface area (Å²) in [5.41, 5.74) is 1.92. The predicted molar refractivity (Wildman–Crippen MR) is 95.6 cm³/mol. The third-order valence-electron chi connectivity index (χ3n) is 3.83. The molecule has 132 valence electrons. The van der Waals surface area contributed by atoms with Gasteiger partial charge in [-0.15, -0.1) is 0 Å². The number of carbonyl (C=O) groups is 1. The highest BCUT2D eigenvalue weighted by molar-refractivity contribution is 5.89. The zero-order valence-electron chi connectivity index (χ0n) is 14.4. The van der Waals surface area contributed by atoms with E-state index >= 15 is 0 Å². The fourth-order valence-electron chi connectivity index (χ4n) is 2.43. The number of fused-ring (bicyclic) bond motifs is 1. The topological polar surface area (TPSA) is 68.8 Å². The molecular formula is C19H22N2O4. The van der Waals surface area contributed by atoms with Crippen LogP contribution in [0.3, 0.4) is 0 Å². The maximum atomic E-state index is 11.9. The van der Waals surface area contributed by atoms with Crippen LogP contribution in [0.1, 0.15) is 25.3 Å². The van der Waals surface area contributed by atoms with E-state index in [1.165, 1.54) is 5.56 Å². The standard InChI is InChI=1S/C19H22N2O4/c1-13(2)14-3-6-16(7-4-14)23-10-9-20-19(22)21-15-5-8-17-18(11-15)25-12-24-17/h3-8,11,13H,9-10,12H2,1-2H3,(H2,20,21,22). The van der Waals surface area contributed by atoms with Crippen LogP contribution in [0.5, 0.6) is 17.2 Å². The van der Waals surface area contributed by atoms with Crippen molar-refractivity contribution in [1.29, 1.82) is 0 Å². The number of hydrogen-bond donors (Lipinski definition) is 2. The summed E-state index contributed by atoms with van der Waals surface area (Å²) in [6.45, 7) is 5.31. The molecule has 2 aromatic carbocycles. The van der Waals surface area contributed by atoms with E-state index in [9.17, 15) is 4.79 Å². The summed E-state index contributed by atoms with van der Waals surface area (Å²) in [5, 5.41) is 5.50. The Balaban J connectivity index is 1.39. The molecule has 0 fully saturated rings. The molecule has 1 aliphatic rings. The summed E-state index contributed by atoms with van der Waals surface area (Å²) in [6.07, 6.45) is 0. The van der Waals surface area contributed by atoms with Gasteiger partial charge in [0, 0.05) is 11.8 Å². The van der Waals surface area contributed by atoms with E-state index in [0.29, 0.717) is 36.3 Å². The van der Waals surface area contributed by atoms with Crippen LogP contribution in [0, 0.1) is 0 Å². The number of benzene rings is 2. The van der Waals surface area contributed by atoms with E-state index in [2.05, 4.69) is 36.6 Å². The molecule has 0 radical (unpaired) electrons. The first-order chi connectivity index (χ1) is 12.1. The van der Waals surface area contributed by atoms with Crippen molar-refractivity contribution in [1.82, 2.24) is 5.32 Å². The predicted octanol–water partition coefficient (Wildman–Crippen LogP) is 3.74. The second-order valence-corrected chi connectivity index (χ2v) is 6.02. The molecule has 1 heterocycles. The minimum Gasteiger partial charge on any atom is -0.492 e. The number of hydrogen-bond acceptors (Lipinski definition) is 4. The van der Waals surface area contributed by atoms with Gasteiger partial charge in [-0.25, -0.2) is 4.79 Å². The van der Waals surface area contributed by atoms with Gasteiger partial charge >= 0.3 is 6.03 Å². The van der Waals surface area contributed by atoms with Gasteiger partial charge in [0.1, 0.15) is 12.4 Å². The molecule has 0 saturated carbocycles. The lowest BCUT2D eigenvalue weighted by atomic mass is 10.0. The number of amides is 2. The number of rotatable bonds is 6. The van der Waals surface area contributed by atoms with Crippen molar-refractivity contribution in [2.75, 3.05) is 25.3 Å². The van der Waals surface area contributed by atoms with Crippen molar-refractivity contribution >= 4 is 11.7 Å². The summed E-state index contributed by atoms with van der Waals surface area (Å²) < 4.78 is 16.1. The van der Waals surface area contributed by atoms with Gasteiger partial charge in [-0.05, 0) is 35.7 Å². The SMILES string of the molecule is CC(C)c1ccc(OCCNC(=O)Nc2ccc3c(c2)OCO3)cc1. The fraction of sp³-hybridized carbons (Fsp3) is 0.316. The minimum absolute atomic E-state index is 0.209. The van der Waals surface area contributed by atoms with Crippen LogP contribution in [0.15, 0.2) is 42.5 Å². The average molecular weight is 342 g/mol. The van der Waals surface area contributed by atoms with E-state index in [4.69, 9.17) is 14.2 Å². The van der Waals surface area contributed by atoms with E-state index in [1.807, 2.05) is 12.1 Å². The first-order valence-corrected chi connectivity index (χ1v) is 8.29. The van der Waals surface area contributed by atoms with Crippen LogP contribution in [-0.2, 0) is 0 Å². The average Bonchev–Trinajstić information content (AvgIpc) is 3.07. The zero-order valence-corrected chi connectivity index (χ0v) is 14.4.